The van der Waals surface area contributed by atoms with Gasteiger partial charge in [-0.3, -0.25) is 4.79 Å². The number of hydrogen-bond acceptors (Lipinski definition) is 3. The molecule has 3 aromatic rings. The minimum absolute atomic E-state index is 0.227. The van der Waals surface area contributed by atoms with E-state index < -0.39 is 0 Å². The zero-order chi connectivity index (χ0) is 13.4. The molecule has 0 N–H and O–H groups in total. The van der Waals surface area contributed by atoms with Gasteiger partial charge in [0, 0.05) is 16.0 Å². The third kappa shape index (κ3) is 2.36. The van der Waals surface area contributed by atoms with Crippen molar-refractivity contribution in [1.29, 1.82) is 0 Å². The molecule has 0 aliphatic heterocycles. The molecule has 0 aliphatic carbocycles. The summed E-state index contributed by atoms with van der Waals surface area (Å²) in [5.41, 5.74) is 2.36. The maximum absolute atomic E-state index is 12.3. The molecule has 1 nitrogen and oxygen atoms in total. The van der Waals surface area contributed by atoms with E-state index in [1.807, 2.05) is 18.2 Å². The van der Waals surface area contributed by atoms with Crippen LogP contribution in [-0.2, 0) is 6.42 Å². The Labute approximate surface area is 120 Å². The fourth-order valence-corrected chi connectivity index (χ4v) is 4.07. The van der Waals surface area contributed by atoms with Crippen LogP contribution >= 0.6 is 22.7 Å². The highest BCUT2D eigenvalue weighted by molar-refractivity contribution is 7.17. The Hall–Kier alpha value is -1.45. The largest absolute Gasteiger partial charge is 0.293 e. The highest BCUT2D eigenvalue weighted by Gasteiger charge is 2.13. The molecule has 0 saturated carbocycles. The molecular weight excluding hydrogens is 272 g/mol. The van der Waals surface area contributed by atoms with Gasteiger partial charge in [-0.2, -0.15) is 0 Å². The summed E-state index contributed by atoms with van der Waals surface area (Å²) in [5.74, 6) is 0.227. The number of rotatable bonds is 3. The number of carbonyl (C=O) groups excluding carboxylic acids is 1. The number of carbonyl (C=O) groups is 1. The van der Waals surface area contributed by atoms with E-state index in [1.54, 1.807) is 22.7 Å². The zero-order valence-corrected chi connectivity index (χ0v) is 12.5. The predicted molar refractivity (Wildman–Crippen MR) is 83.7 cm³/mol. The van der Waals surface area contributed by atoms with E-state index in [0.29, 0.717) is 6.42 Å². The summed E-state index contributed by atoms with van der Waals surface area (Å²) in [4.78, 5) is 14.5. The van der Waals surface area contributed by atoms with E-state index in [0.717, 1.165) is 10.4 Å². The molecule has 0 atom stereocenters. The minimum atomic E-state index is 0.227. The normalized spacial score (nSPS) is 11.1. The fourth-order valence-electron chi connectivity index (χ4n) is 2.14. The van der Waals surface area contributed by atoms with E-state index in [4.69, 9.17) is 0 Å². The van der Waals surface area contributed by atoms with E-state index in [1.165, 1.54) is 20.5 Å². The third-order valence-electron chi connectivity index (χ3n) is 3.35. The van der Waals surface area contributed by atoms with Crippen LogP contribution in [0.2, 0.25) is 0 Å². The molecule has 3 heteroatoms. The van der Waals surface area contributed by atoms with Crippen molar-refractivity contribution in [2.45, 2.75) is 20.3 Å². The molecule has 0 spiro atoms. The van der Waals surface area contributed by atoms with Crippen LogP contribution in [0.4, 0.5) is 0 Å². The van der Waals surface area contributed by atoms with Crippen LogP contribution in [0, 0.1) is 13.8 Å². The van der Waals surface area contributed by atoms with E-state index >= 15 is 0 Å². The number of Topliss-reactive ketones (excluding diaryl/α,β-unsaturated/α-hetero) is 1. The lowest BCUT2D eigenvalue weighted by atomic mass is 10.1. The van der Waals surface area contributed by atoms with Crippen molar-refractivity contribution < 1.29 is 4.79 Å². The topological polar surface area (TPSA) is 17.1 Å². The summed E-state index contributed by atoms with van der Waals surface area (Å²) in [6.45, 7) is 4.12. The quantitative estimate of drug-likeness (QED) is 0.619. The average Bonchev–Trinajstić information content (AvgIpc) is 2.95. The van der Waals surface area contributed by atoms with Gasteiger partial charge in [0.2, 0.25) is 0 Å². The number of thiophene rings is 2. The smallest absolute Gasteiger partial charge is 0.177 e. The summed E-state index contributed by atoms with van der Waals surface area (Å²) < 4.78 is 1.25. The molecule has 0 amide bonds. The molecule has 19 heavy (non-hydrogen) atoms. The van der Waals surface area contributed by atoms with Crippen LogP contribution < -0.4 is 0 Å². The van der Waals surface area contributed by atoms with Crippen LogP contribution in [0.3, 0.4) is 0 Å². The van der Waals surface area contributed by atoms with Gasteiger partial charge >= 0.3 is 0 Å². The van der Waals surface area contributed by atoms with E-state index in [-0.39, 0.29) is 5.78 Å². The van der Waals surface area contributed by atoms with Crippen molar-refractivity contribution in [3.8, 4) is 0 Å². The van der Waals surface area contributed by atoms with E-state index in [2.05, 4.69) is 31.4 Å². The molecule has 1 aromatic carbocycles. The monoisotopic (exact) mass is 286 g/mol. The lowest BCUT2D eigenvalue weighted by Crippen LogP contribution is -2.00. The zero-order valence-electron chi connectivity index (χ0n) is 10.9. The number of hydrogen-bond donors (Lipinski definition) is 0. The van der Waals surface area contributed by atoms with Gasteiger partial charge in [0.1, 0.15) is 0 Å². The van der Waals surface area contributed by atoms with Crippen molar-refractivity contribution in [3.63, 3.8) is 0 Å². The Kier molecular flexibility index (Phi) is 3.25. The molecular formula is C16H14OS2. The fraction of sp³-hybridized carbons (Fsp3) is 0.188. The third-order valence-corrected chi connectivity index (χ3v) is 5.56. The first-order valence-electron chi connectivity index (χ1n) is 6.20. The molecule has 0 bridgehead atoms. The van der Waals surface area contributed by atoms with E-state index in [9.17, 15) is 4.79 Å². The van der Waals surface area contributed by atoms with Crippen LogP contribution in [0.15, 0.2) is 35.7 Å². The van der Waals surface area contributed by atoms with Gasteiger partial charge in [0.25, 0.3) is 0 Å². The Morgan fingerprint density at radius 3 is 2.74 bits per heavy atom. The summed E-state index contributed by atoms with van der Waals surface area (Å²) in [7, 11) is 0. The molecule has 0 radical (unpaired) electrons. The molecule has 3 rings (SSSR count). The van der Waals surface area contributed by atoms with Gasteiger partial charge in [0.05, 0.1) is 4.88 Å². The summed E-state index contributed by atoms with van der Waals surface area (Å²) >= 11 is 3.31. The molecule has 0 aliphatic rings. The van der Waals surface area contributed by atoms with Crippen LogP contribution in [0.5, 0.6) is 0 Å². The lowest BCUT2D eigenvalue weighted by molar-refractivity contribution is 0.0997. The predicted octanol–water partition coefficient (Wildman–Crippen LogP) is 5.01. The molecule has 2 heterocycles. The molecule has 96 valence electrons. The molecule has 0 saturated heterocycles. The Bertz CT molecular complexity index is 730. The van der Waals surface area contributed by atoms with Crippen molar-refractivity contribution in [2.75, 3.05) is 0 Å². The summed E-state index contributed by atoms with van der Waals surface area (Å²) in [6.07, 6.45) is 0.503. The van der Waals surface area contributed by atoms with Gasteiger partial charge in [0.15, 0.2) is 5.78 Å². The second-order valence-corrected chi connectivity index (χ2v) is 6.87. The Balaban J connectivity index is 1.90. The molecule has 0 fully saturated rings. The molecule has 0 unspecified atom stereocenters. The maximum Gasteiger partial charge on any atom is 0.177 e. The van der Waals surface area contributed by atoms with Crippen LogP contribution in [-0.4, -0.2) is 5.78 Å². The highest BCUT2D eigenvalue weighted by Crippen LogP contribution is 2.28. The van der Waals surface area contributed by atoms with Gasteiger partial charge in [-0.05, 0) is 47.9 Å². The lowest BCUT2D eigenvalue weighted by Gasteiger charge is -1.97. The first-order chi connectivity index (χ1) is 9.15. The van der Waals surface area contributed by atoms with Gasteiger partial charge in [-0.25, -0.2) is 0 Å². The standard InChI is InChI=1S/C16H14OS2/c1-10-7-16(19-11(10)2)14(17)8-12-9-18-15-6-4-3-5-13(12)15/h3-7,9H,8H2,1-2H3. The highest BCUT2D eigenvalue weighted by atomic mass is 32.1. The first kappa shape index (κ1) is 12.6. The van der Waals surface area contributed by atoms with Crippen molar-refractivity contribution in [3.05, 3.63) is 56.6 Å². The van der Waals surface area contributed by atoms with Gasteiger partial charge in [-0.15, -0.1) is 22.7 Å². The van der Waals surface area contributed by atoms with Crippen LogP contribution in [0.25, 0.3) is 10.1 Å². The van der Waals surface area contributed by atoms with Crippen molar-refractivity contribution >= 4 is 38.5 Å². The number of benzene rings is 1. The average molecular weight is 286 g/mol. The number of fused-ring (bicyclic) bond motifs is 1. The Morgan fingerprint density at radius 2 is 2.00 bits per heavy atom. The van der Waals surface area contributed by atoms with Crippen molar-refractivity contribution in [1.82, 2.24) is 0 Å². The second-order valence-electron chi connectivity index (χ2n) is 4.71. The summed E-state index contributed by atoms with van der Waals surface area (Å²) in [6, 6.07) is 10.3. The van der Waals surface area contributed by atoms with Gasteiger partial charge < -0.3 is 0 Å². The van der Waals surface area contributed by atoms with Crippen LogP contribution in [0.1, 0.15) is 25.7 Å². The van der Waals surface area contributed by atoms with Gasteiger partial charge in [-0.1, -0.05) is 18.2 Å². The van der Waals surface area contributed by atoms with Crippen molar-refractivity contribution in [2.24, 2.45) is 0 Å². The maximum atomic E-state index is 12.3. The second kappa shape index (κ2) is 4.91. The number of ketones is 1. The summed E-state index contributed by atoms with van der Waals surface area (Å²) in [5, 5.41) is 3.32. The first-order valence-corrected chi connectivity index (χ1v) is 7.90. The number of aryl methyl sites for hydroxylation is 2. The molecule has 2 aromatic heterocycles. The Morgan fingerprint density at radius 1 is 1.21 bits per heavy atom. The minimum Gasteiger partial charge on any atom is -0.293 e. The SMILES string of the molecule is Cc1cc(C(=O)Cc2csc3ccccc23)sc1C.